The van der Waals surface area contributed by atoms with Crippen LogP contribution in [0.2, 0.25) is 0 Å². The van der Waals surface area contributed by atoms with Crippen molar-refractivity contribution in [1.29, 1.82) is 5.41 Å². The molecule has 0 aromatic rings. The van der Waals surface area contributed by atoms with Crippen molar-refractivity contribution < 1.29 is 19.1 Å². The van der Waals surface area contributed by atoms with Crippen LogP contribution in [-0.2, 0) is 14.3 Å². The van der Waals surface area contributed by atoms with Gasteiger partial charge in [0.1, 0.15) is 12.1 Å². The van der Waals surface area contributed by atoms with Crippen LogP contribution >= 0.6 is 11.8 Å². The zero-order chi connectivity index (χ0) is 26.9. The van der Waals surface area contributed by atoms with Crippen molar-refractivity contribution >= 4 is 35.5 Å². The van der Waals surface area contributed by atoms with E-state index < -0.39 is 22.9 Å². The summed E-state index contributed by atoms with van der Waals surface area (Å²) in [6.45, 7) is 11.4. The second-order valence-corrected chi connectivity index (χ2v) is 12.8. The molecule has 36 heavy (non-hydrogen) atoms. The highest BCUT2D eigenvalue weighted by atomic mass is 32.2. The molecule has 1 aliphatic carbocycles. The van der Waals surface area contributed by atoms with Gasteiger partial charge < -0.3 is 26.0 Å². The van der Waals surface area contributed by atoms with E-state index in [1.54, 1.807) is 16.7 Å². The SMILES string of the molecule is CCCOC(=O)N[C@@H](C(=O)N1CCC[C@H]1C(=O)NCC1CCC(C(=N)N)CC1)C(C)(C)SCC(C)C. The molecule has 0 aromatic carbocycles. The van der Waals surface area contributed by atoms with Crippen molar-refractivity contribution in [3.8, 4) is 0 Å². The van der Waals surface area contributed by atoms with Gasteiger partial charge in [-0.3, -0.25) is 15.0 Å². The third-order valence-corrected chi connectivity index (χ3v) is 8.93. The molecular weight excluding hydrogens is 478 g/mol. The molecule has 2 fully saturated rings. The zero-order valence-corrected chi connectivity index (χ0v) is 23.5. The minimum Gasteiger partial charge on any atom is -0.450 e. The van der Waals surface area contributed by atoms with Crippen LogP contribution in [0.15, 0.2) is 0 Å². The number of nitrogens with one attached hydrogen (secondary N) is 3. The van der Waals surface area contributed by atoms with Gasteiger partial charge in [0.25, 0.3) is 0 Å². The topological polar surface area (TPSA) is 138 Å². The first-order chi connectivity index (χ1) is 17.0. The molecule has 0 aromatic heterocycles. The van der Waals surface area contributed by atoms with E-state index in [1.807, 2.05) is 20.8 Å². The normalized spacial score (nSPS) is 23.3. The van der Waals surface area contributed by atoms with Gasteiger partial charge in [-0.2, -0.15) is 11.8 Å². The van der Waals surface area contributed by atoms with Gasteiger partial charge in [-0.15, -0.1) is 0 Å². The summed E-state index contributed by atoms with van der Waals surface area (Å²) < 4.78 is 4.65. The van der Waals surface area contributed by atoms with E-state index in [2.05, 4.69) is 24.5 Å². The number of carbonyl (C=O) groups excluding carboxylic acids is 3. The van der Waals surface area contributed by atoms with E-state index in [-0.39, 0.29) is 30.2 Å². The number of alkyl carbamates (subject to hydrolysis) is 1. The maximum atomic E-state index is 13.8. The Balaban J connectivity index is 2.05. The summed E-state index contributed by atoms with van der Waals surface area (Å²) in [7, 11) is 0. The van der Waals surface area contributed by atoms with Gasteiger partial charge in [-0.25, -0.2) is 4.79 Å². The number of amidine groups is 1. The molecule has 0 spiro atoms. The quantitative estimate of drug-likeness (QED) is 0.227. The third kappa shape index (κ3) is 8.85. The summed E-state index contributed by atoms with van der Waals surface area (Å²) in [6, 6.07) is -1.34. The van der Waals surface area contributed by atoms with Crippen molar-refractivity contribution in [3.63, 3.8) is 0 Å². The fourth-order valence-corrected chi connectivity index (χ4v) is 5.95. The van der Waals surface area contributed by atoms with E-state index in [4.69, 9.17) is 15.9 Å². The summed E-state index contributed by atoms with van der Waals surface area (Å²) in [4.78, 5) is 41.1. The molecule has 3 amide bonds. The Labute approximate surface area is 220 Å². The second-order valence-electron chi connectivity index (χ2n) is 11.1. The van der Waals surface area contributed by atoms with Crippen LogP contribution in [-0.4, -0.2) is 70.9 Å². The number of carbonyl (C=O) groups is 3. The first-order valence-corrected chi connectivity index (χ1v) is 14.4. The first-order valence-electron chi connectivity index (χ1n) is 13.5. The molecule has 9 nitrogen and oxygen atoms in total. The number of nitrogens with two attached hydrogens (primary N) is 1. The summed E-state index contributed by atoms with van der Waals surface area (Å²) in [5.74, 6) is 1.70. The number of ether oxygens (including phenoxy) is 1. The minimum absolute atomic E-state index is 0.130. The Morgan fingerprint density at radius 2 is 1.83 bits per heavy atom. The monoisotopic (exact) mass is 525 g/mol. The van der Waals surface area contributed by atoms with Crippen LogP contribution in [0.3, 0.4) is 0 Å². The average molecular weight is 526 g/mol. The Kier molecular flexibility index (Phi) is 11.8. The van der Waals surface area contributed by atoms with E-state index in [0.717, 1.165) is 37.9 Å². The van der Waals surface area contributed by atoms with Crippen molar-refractivity contribution in [1.82, 2.24) is 15.5 Å². The smallest absolute Gasteiger partial charge is 0.407 e. The van der Waals surface area contributed by atoms with Gasteiger partial charge in [0.05, 0.1) is 12.4 Å². The highest BCUT2D eigenvalue weighted by Gasteiger charge is 2.44. The van der Waals surface area contributed by atoms with Crippen LogP contribution in [0.1, 0.15) is 79.6 Å². The molecule has 0 radical (unpaired) electrons. The number of hydrogen-bond donors (Lipinski definition) is 4. The first kappa shape index (κ1) is 30.3. The molecular formula is C26H47N5O4S. The fourth-order valence-electron chi connectivity index (χ4n) is 4.86. The summed E-state index contributed by atoms with van der Waals surface area (Å²) in [5, 5.41) is 13.5. The molecule has 2 rings (SSSR count). The highest BCUT2D eigenvalue weighted by Crippen LogP contribution is 2.33. The van der Waals surface area contributed by atoms with Crippen LogP contribution in [0.4, 0.5) is 4.79 Å². The lowest BCUT2D eigenvalue weighted by Crippen LogP contribution is -2.60. The standard InChI is InChI=1S/C26H47N5O4S/c1-6-14-35-25(34)30-21(26(4,5)36-16-17(2)3)24(33)31-13-7-8-20(31)23(32)29-15-18-9-11-19(12-10-18)22(27)28/h17-21H,6-16H2,1-5H3,(H3,27,28)(H,29,32)(H,30,34)/t18?,19?,20-,21-/m0/s1. The van der Waals surface area contributed by atoms with Gasteiger partial charge in [0.2, 0.25) is 11.8 Å². The second kappa shape index (κ2) is 14.1. The van der Waals surface area contributed by atoms with Crippen LogP contribution in [0.25, 0.3) is 0 Å². The number of hydrogen-bond acceptors (Lipinski definition) is 6. The maximum absolute atomic E-state index is 13.8. The van der Waals surface area contributed by atoms with Gasteiger partial charge in [0.15, 0.2) is 0 Å². The van der Waals surface area contributed by atoms with Gasteiger partial charge in [-0.05, 0) is 76.4 Å². The third-order valence-electron chi connectivity index (χ3n) is 7.12. The summed E-state index contributed by atoms with van der Waals surface area (Å²) in [6.07, 6.45) is 5.09. The van der Waals surface area contributed by atoms with Gasteiger partial charge >= 0.3 is 6.09 Å². The largest absolute Gasteiger partial charge is 0.450 e. The average Bonchev–Trinajstić information content (AvgIpc) is 3.33. The van der Waals surface area contributed by atoms with Crippen molar-refractivity contribution in [3.05, 3.63) is 0 Å². The molecule has 2 aliphatic rings. The number of thioether (sulfide) groups is 1. The van der Waals surface area contributed by atoms with Crippen LogP contribution in [0.5, 0.6) is 0 Å². The van der Waals surface area contributed by atoms with Crippen LogP contribution < -0.4 is 16.4 Å². The summed E-state index contributed by atoms with van der Waals surface area (Å²) >= 11 is 1.65. The van der Waals surface area contributed by atoms with Gasteiger partial charge in [-0.1, -0.05) is 20.8 Å². The molecule has 0 unspecified atom stereocenters. The lowest BCUT2D eigenvalue weighted by molar-refractivity contribution is -0.140. The van der Waals surface area contributed by atoms with Gasteiger partial charge in [0, 0.05) is 23.8 Å². The lowest BCUT2D eigenvalue weighted by Gasteiger charge is -2.37. The number of rotatable bonds is 12. The molecule has 2 atom stereocenters. The molecule has 1 aliphatic heterocycles. The van der Waals surface area contributed by atoms with Crippen molar-refractivity contribution in [2.24, 2.45) is 23.5 Å². The van der Waals surface area contributed by atoms with E-state index in [9.17, 15) is 14.4 Å². The van der Waals surface area contributed by atoms with E-state index in [0.29, 0.717) is 37.8 Å². The Bertz CT molecular complexity index is 767. The predicted molar refractivity (Wildman–Crippen MR) is 145 cm³/mol. The maximum Gasteiger partial charge on any atom is 0.407 e. The van der Waals surface area contributed by atoms with E-state index in [1.165, 1.54) is 0 Å². The molecule has 10 heteroatoms. The molecule has 1 saturated carbocycles. The Morgan fingerprint density at radius 1 is 1.17 bits per heavy atom. The number of likely N-dealkylation sites (tertiary alicyclic amines) is 1. The minimum atomic E-state index is -0.805. The van der Waals surface area contributed by atoms with Crippen LogP contribution in [0, 0.1) is 23.2 Å². The predicted octanol–water partition coefficient (Wildman–Crippen LogP) is 3.51. The fraction of sp³-hybridized carbons (Fsp3) is 0.846. The van der Waals surface area contributed by atoms with Crippen molar-refractivity contribution in [2.75, 3.05) is 25.4 Å². The highest BCUT2D eigenvalue weighted by molar-refractivity contribution is 8.00. The molecule has 206 valence electrons. The molecule has 0 bridgehead atoms. The molecule has 1 saturated heterocycles. The van der Waals surface area contributed by atoms with Crippen molar-refractivity contribution in [2.45, 2.75) is 96.4 Å². The molecule has 5 N–H and O–H groups in total. The Hall–Kier alpha value is -1.97. The number of nitrogens with zero attached hydrogens (tertiary/aromatic N) is 1. The number of amides is 3. The van der Waals surface area contributed by atoms with E-state index >= 15 is 0 Å². The summed E-state index contributed by atoms with van der Waals surface area (Å²) in [5.41, 5.74) is 5.64. The zero-order valence-electron chi connectivity index (χ0n) is 22.7. The Morgan fingerprint density at radius 3 is 2.42 bits per heavy atom. The molecule has 1 heterocycles. The lowest BCUT2D eigenvalue weighted by atomic mass is 9.81.